The van der Waals surface area contributed by atoms with Gasteiger partial charge in [0.05, 0.1) is 0 Å². The van der Waals surface area contributed by atoms with Gasteiger partial charge in [0.25, 0.3) is 0 Å². The molecule has 86 valence electrons. The van der Waals surface area contributed by atoms with Gasteiger partial charge in [-0.05, 0) is 32.8 Å². The molecule has 3 nitrogen and oxygen atoms in total. The predicted octanol–water partition coefficient (Wildman–Crippen LogP) is 4.13. The smallest absolute Gasteiger partial charge is 0.198 e. The van der Waals surface area contributed by atoms with E-state index in [9.17, 15) is 0 Å². The molecular weight excluding hydrogens is 292 g/mol. The van der Waals surface area contributed by atoms with E-state index in [0.29, 0.717) is 10.2 Å². The Morgan fingerprint density at radius 3 is 2.61 bits per heavy atom. The van der Waals surface area contributed by atoms with Crippen molar-refractivity contribution in [3.8, 4) is 17.4 Å². The standard InChI is InChI=1S/C14H7BrN2O/c15-13-12(8-16)17-18-14(13)11-6-5-9-3-1-2-4-10(9)7-11/h1-7H. The maximum atomic E-state index is 8.85. The molecule has 0 bridgehead atoms. The van der Waals surface area contributed by atoms with E-state index in [0.717, 1.165) is 16.3 Å². The largest absolute Gasteiger partial charge is 0.354 e. The van der Waals surface area contributed by atoms with Crippen LogP contribution < -0.4 is 0 Å². The average molecular weight is 299 g/mol. The first-order valence-electron chi connectivity index (χ1n) is 5.34. The second-order valence-corrected chi connectivity index (χ2v) is 4.64. The summed E-state index contributed by atoms with van der Waals surface area (Å²) in [4.78, 5) is 0. The molecule has 0 fully saturated rings. The van der Waals surface area contributed by atoms with E-state index in [4.69, 9.17) is 9.78 Å². The molecule has 0 radical (unpaired) electrons. The first-order chi connectivity index (χ1) is 8.79. The van der Waals surface area contributed by atoms with Crippen LogP contribution in [0.3, 0.4) is 0 Å². The molecule has 0 saturated heterocycles. The minimum absolute atomic E-state index is 0.262. The number of nitrogens with zero attached hydrogens (tertiary/aromatic N) is 2. The molecule has 2 aromatic carbocycles. The van der Waals surface area contributed by atoms with Crippen LogP contribution in [0.1, 0.15) is 5.69 Å². The van der Waals surface area contributed by atoms with E-state index in [1.807, 2.05) is 42.5 Å². The van der Waals surface area contributed by atoms with Crippen LogP contribution in [0.15, 0.2) is 51.5 Å². The van der Waals surface area contributed by atoms with Crippen LogP contribution in [0.2, 0.25) is 0 Å². The Morgan fingerprint density at radius 2 is 1.89 bits per heavy atom. The summed E-state index contributed by atoms with van der Waals surface area (Å²) in [7, 11) is 0. The van der Waals surface area contributed by atoms with Gasteiger partial charge < -0.3 is 4.52 Å². The van der Waals surface area contributed by atoms with Gasteiger partial charge in [0.2, 0.25) is 0 Å². The molecule has 4 heteroatoms. The number of fused-ring (bicyclic) bond motifs is 1. The molecule has 0 unspecified atom stereocenters. The molecule has 0 aliphatic heterocycles. The van der Waals surface area contributed by atoms with Crippen LogP contribution in [0.5, 0.6) is 0 Å². The second kappa shape index (κ2) is 4.28. The van der Waals surface area contributed by atoms with E-state index >= 15 is 0 Å². The lowest BCUT2D eigenvalue weighted by Gasteiger charge is -2.00. The minimum atomic E-state index is 0.262. The molecule has 0 aliphatic rings. The minimum Gasteiger partial charge on any atom is -0.354 e. The Kier molecular flexibility index (Phi) is 2.62. The van der Waals surface area contributed by atoms with Gasteiger partial charge in [0.1, 0.15) is 10.5 Å². The van der Waals surface area contributed by atoms with Crippen molar-refractivity contribution in [2.45, 2.75) is 0 Å². The van der Waals surface area contributed by atoms with Gasteiger partial charge in [-0.25, -0.2) is 0 Å². The molecule has 0 amide bonds. The fourth-order valence-electron chi connectivity index (χ4n) is 1.86. The number of hydrogen-bond donors (Lipinski definition) is 0. The molecule has 1 heterocycles. The summed E-state index contributed by atoms with van der Waals surface area (Å²) in [6.07, 6.45) is 0. The van der Waals surface area contributed by atoms with Gasteiger partial charge in [-0.15, -0.1) is 0 Å². The monoisotopic (exact) mass is 298 g/mol. The zero-order chi connectivity index (χ0) is 12.5. The van der Waals surface area contributed by atoms with Crippen molar-refractivity contribution >= 4 is 26.7 Å². The third-order valence-electron chi connectivity index (χ3n) is 2.75. The summed E-state index contributed by atoms with van der Waals surface area (Å²) in [5.74, 6) is 0.581. The number of halogens is 1. The third kappa shape index (κ3) is 1.69. The topological polar surface area (TPSA) is 49.8 Å². The molecule has 18 heavy (non-hydrogen) atoms. The van der Waals surface area contributed by atoms with Gasteiger partial charge in [0, 0.05) is 5.56 Å². The highest BCUT2D eigenvalue weighted by Crippen LogP contribution is 2.32. The van der Waals surface area contributed by atoms with E-state index in [-0.39, 0.29) is 5.69 Å². The van der Waals surface area contributed by atoms with Crippen LogP contribution in [-0.4, -0.2) is 5.16 Å². The second-order valence-electron chi connectivity index (χ2n) is 3.85. The van der Waals surface area contributed by atoms with E-state index in [1.54, 1.807) is 0 Å². The van der Waals surface area contributed by atoms with Crippen LogP contribution in [0.4, 0.5) is 0 Å². The Morgan fingerprint density at radius 1 is 1.11 bits per heavy atom. The van der Waals surface area contributed by atoms with Crippen molar-refractivity contribution in [1.29, 1.82) is 5.26 Å². The van der Waals surface area contributed by atoms with Gasteiger partial charge in [-0.2, -0.15) is 5.26 Å². The molecule has 0 N–H and O–H groups in total. The first kappa shape index (κ1) is 11.0. The quantitative estimate of drug-likeness (QED) is 0.679. The summed E-state index contributed by atoms with van der Waals surface area (Å²) in [6, 6.07) is 16.0. The van der Waals surface area contributed by atoms with Crippen LogP contribution in [0, 0.1) is 11.3 Å². The Labute approximate surface area is 112 Å². The highest BCUT2D eigenvalue weighted by molar-refractivity contribution is 9.10. The predicted molar refractivity (Wildman–Crippen MR) is 71.9 cm³/mol. The highest BCUT2D eigenvalue weighted by Gasteiger charge is 2.15. The summed E-state index contributed by atoms with van der Waals surface area (Å²) in [5.41, 5.74) is 1.16. The zero-order valence-electron chi connectivity index (χ0n) is 9.22. The molecule has 3 rings (SSSR count). The lowest BCUT2D eigenvalue weighted by Crippen LogP contribution is -1.78. The van der Waals surface area contributed by atoms with Crippen molar-refractivity contribution in [3.05, 3.63) is 52.6 Å². The van der Waals surface area contributed by atoms with Crippen molar-refractivity contribution in [3.63, 3.8) is 0 Å². The fraction of sp³-hybridized carbons (Fsp3) is 0. The van der Waals surface area contributed by atoms with Gasteiger partial charge in [-0.1, -0.05) is 41.6 Å². The van der Waals surface area contributed by atoms with Gasteiger partial charge in [0.15, 0.2) is 11.5 Å². The van der Waals surface area contributed by atoms with Crippen LogP contribution >= 0.6 is 15.9 Å². The number of nitriles is 1. The lowest BCUT2D eigenvalue weighted by molar-refractivity contribution is 0.430. The van der Waals surface area contributed by atoms with Crippen molar-refractivity contribution in [2.75, 3.05) is 0 Å². The number of aromatic nitrogens is 1. The van der Waals surface area contributed by atoms with Crippen LogP contribution in [-0.2, 0) is 0 Å². The third-order valence-corrected chi connectivity index (χ3v) is 3.49. The fourth-order valence-corrected chi connectivity index (χ4v) is 2.32. The lowest BCUT2D eigenvalue weighted by atomic mass is 10.1. The normalized spacial score (nSPS) is 10.4. The Bertz CT molecular complexity index is 771. The molecule has 0 aliphatic carbocycles. The summed E-state index contributed by atoms with van der Waals surface area (Å²) in [5, 5.41) is 14.8. The maximum absolute atomic E-state index is 8.85. The van der Waals surface area contributed by atoms with E-state index < -0.39 is 0 Å². The number of hydrogen-bond acceptors (Lipinski definition) is 3. The van der Waals surface area contributed by atoms with Crippen LogP contribution in [0.25, 0.3) is 22.1 Å². The molecule has 0 atom stereocenters. The summed E-state index contributed by atoms with van der Waals surface area (Å²) in [6.45, 7) is 0. The molecule has 3 aromatic rings. The van der Waals surface area contributed by atoms with Crippen molar-refractivity contribution < 1.29 is 4.52 Å². The van der Waals surface area contributed by atoms with E-state index in [2.05, 4.69) is 27.2 Å². The van der Waals surface area contributed by atoms with E-state index in [1.165, 1.54) is 0 Å². The zero-order valence-corrected chi connectivity index (χ0v) is 10.8. The van der Waals surface area contributed by atoms with Gasteiger partial charge >= 0.3 is 0 Å². The number of benzene rings is 2. The highest BCUT2D eigenvalue weighted by atomic mass is 79.9. The Hall–Kier alpha value is -2.12. The molecule has 0 saturated carbocycles. The van der Waals surface area contributed by atoms with Crippen molar-refractivity contribution in [1.82, 2.24) is 5.16 Å². The Balaban J connectivity index is 2.20. The van der Waals surface area contributed by atoms with Gasteiger partial charge in [-0.3, -0.25) is 0 Å². The summed E-state index contributed by atoms with van der Waals surface area (Å²) >= 11 is 3.33. The van der Waals surface area contributed by atoms with Crippen molar-refractivity contribution in [2.24, 2.45) is 0 Å². The average Bonchev–Trinajstić information content (AvgIpc) is 2.79. The first-order valence-corrected chi connectivity index (χ1v) is 6.13. The molecule has 0 spiro atoms. The number of rotatable bonds is 1. The maximum Gasteiger partial charge on any atom is 0.198 e. The summed E-state index contributed by atoms with van der Waals surface area (Å²) < 4.78 is 5.80. The molecule has 1 aromatic heterocycles. The molecular formula is C14H7BrN2O. The SMILES string of the molecule is N#Cc1noc(-c2ccc3ccccc3c2)c1Br.